The lowest BCUT2D eigenvalue weighted by molar-refractivity contribution is 0.590. The van der Waals surface area contributed by atoms with Gasteiger partial charge in [0.15, 0.2) is 5.03 Å². The Morgan fingerprint density at radius 3 is 2.48 bits per heavy atom. The lowest BCUT2D eigenvalue weighted by Crippen LogP contribution is -2.05. The first kappa shape index (κ1) is 19.0. The van der Waals surface area contributed by atoms with E-state index in [9.17, 15) is 12.8 Å². The second-order valence-electron chi connectivity index (χ2n) is 6.71. The summed E-state index contributed by atoms with van der Waals surface area (Å²) in [5.41, 5.74) is 2.65. The van der Waals surface area contributed by atoms with E-state index in [1.54, 1.807) is 59.5 Å². The van der Waals surface area contributed by atoms with Crippen molar-refractivity contribution in [1.29, 1.82) is 0 Å². The first-order chi connectivity index (χ1) is 15.0. The maximum absolute atomic E-state index is 13.8. The summed E-state index contributed by atoms with van der Waals surface area (Å²) in [4.78, 5) is 4.28. The van der Waals surface area contributed by atoms with Crippen molar-refractivity contribution in [1.82, 2.24) is 24.8 Å². The van der Waals surface area contributed by atoms with Crippen molar-refractivity contribution in [3.05, 3.63) is 91.1 Å². The number of hydrogen-bond acceptors (Lipinski definition) is 6. The van der Waals surface area contributed by atoms with Crippen LogP contribution in [0.1, 0.15) is 0 Å². The van der Waals surface area contributed by atoms with Crippen molar-refractivity contribution in [2.45, 2.75) is 9.92 Å². The Hall–Kier alpha value is -3.98. The Labute approximate surface area is 176 Å². The molecule has 9 heteroatoms. The molecule has 5 aromatic rings. The molecule has 0 aliphatic heterocycles. The minimum Gasteiger partial charge on any atom is -0.261 e. The van der Waals surface area contributed by atoms with Crippen molar-refractivity contribution in [2.75, 3.05) is 0 Å². The zero-order chi connectivity index (χ0) is 21.4. The van der Waals surface area contributed by atoms with Crippen LogP contribution in [0.4, 0.5) is 4.39 Å². The molecule has 0 spiro atoms. The Morgan fingerprint density at radius 2 is 1.74 bits per heavy atom. The predicted octanol–water partition coefficient (Wildman–Crippen LogP) is 3.83. The van der Waals surface area contributed by atoms with Crippen LogP contribution in [0.15, 0.2) is 95.2 Å². The summed E-state index contributed by atoms with van der Waals surface area (Å²) < 4.78 is 41.1. The minimum atomic E-state index is -3.79. The van der Waals surface area contributed by atoms with Gasteiger partial charge in [-0.1, -0.05) is 30.3 Å². The van der Waals surface area contributed by atoms with Crippen LogP contribution in [0.25, 0.3) is 28.0 Å². The molecule has 0 bridgehead atoms. The molecule has 0 fully saturated rings. The maximum Gasteiger partial charge on any atom is 0.225 e. The van der Waals surface area contributed by atoms with Gasteiger partial charge in [-0.25, -0.2) is 17.3 Å². The first-order valence-corrected chi connectivity index (χ1v) is 10.7. The molecule has 5 rings (SSSR count). The third-order valence-corrected chi connectivity index (χ3v) is 6.42. The molecule has 7 nitrogen and oxygen atoms in total. The summed E-state index contributed by atoms with van der Waals surface area (Å²) in [6, 6.07) is 17.1. The number of fused-ring (bicyclic) bond motifs is 1. The van der Waals surface area contributed by atoms with Crippen molar-refractivity contribution in [2.24, 2.45) is 0 Å². The van der Waals surface area contributed by atoms with Crippen LogP contribution >= 0.6 is 0 Å². The molecule has 3 aromatic heterocycles. The molecule has 2 aromatic carbocycles. The molecular formula is C22H14FN5O2S. The molecule has 0 radical (unpaired) electrons. The van der Waals surface area contributed by atoms with E-state index in [1.165, 1.54) is 30.3 Å². The Kier molecular flexibility index (Phi) is 4.52. The number of aromatic nitrogens is 5. The predicted molar refractivity (Wildman–Crippen MR) is 111 cm³/mol. The molecule has 0 aliphatic carbocycles. The van der Waals surface area contributed by atoms with Gasteiger partial charge in [-0.15, -0.1) is 10.2 Å². The van der Waals surface area contributed by atoms with Gasteiger partial charge in [0.1, 0.15) is 11.5 Å². The third kappa shape index (κ3) is 3.34. The second-order valence-corrected chi connectivity index (χ2v) is 8.61. The van der Waals surface area contributed by atoms with Crippen LogP contribution in [-0.4, -0.2) is 33.2 Å². The number of halogens is 1. The highest BCUT2D eigenvalue weighted by Crippen LogP contribution is 2.34. The maximum atomic E-state index is 13.8. The van der Waals surface area contributed by atoms with Gasteiger partial charge in [-0.3, -0.25) is 4.98 Å². The highest BCUT2D eigenvalue weighted by atomic mass is 32.2. The fraction of sp³-hybridized carbons (Fsp3) is 0. The number of sulfone groups is 1. The number of benzene rings is 2. The molecule has 0 atom stereocenters. The van der Waals surface area contributed by atoms with Crippen LogP contribution in [-0.2, 0) is 9.84 Å². The molecule has 0 unspecified atom stereocenters. The molecule has 152 valence electrons. The monoisotopic (exact) mass is 431 g/mol. The first-order valence-electron chi connectivity index (χ1n) is 9.26. The van der Waals surface area contributed by atoms with Crippen molar-refractivity contribution < 1.29 is 12.8 Å². The topological polar surface area (TPSA) is 90.1 Å². The average Bonchev–Trinajstić information content (AvgIpc) is 3.19. The Morgan fingerprint density at radius 1 is 0.903 bits per heavy atom. The molecular weight excluding hydrogens is 417 g/mol. The van der Waals surface area contributed by atoms with E-state index < -0.39 is 15.7 Å². The van der Waals surface area contributed by atoms with Crippen LogP contribution in [0, 0.1) is 5.82 Å². The molecule has 3 heterocycles. The average molecular weight is 431 g/mol. The van der Waals surface area contributed by atoms with Gasteiger partial charge in [0.2, 0.25) is 9.84 Å². The standard InChI is InChI=1S/C22H14FN5O2S/c23-16-6-4-5-15(13-16)22-21(19-14-24-11-12-28(19)27-22)18-9-10-20(26-25-18)31(29,30)17-7-2-1-3-8-17/h1-14H. The van der Waals surface area contributed by atoms with Gasteiger partial charge in [0, 0.05) is 18.0 Å². The fourth-order valence-electron chi connectivity index (χ4n) is 3.31. The van der Waals surface area contributed by atoms with E-state index in [0.29, 0.717) is 28.0 Å². The lowest BCUT2D eigenvalue weighted by Gasteiger charge is -2.05. The largest absolute Gasteiger partial charge is 0.261 e. The van der Waals surface area contributed by atoms with Gasteiger partial charge >= 0.3 is 0 Å². The highest BCUT2D eigenvalue weighted by molar-refractivity contribution is 7.91. The van der Waals surface area contributed by atoms with E-state index in [4.69, 9.17) is 0 Å². The summed E-state index contributed by atoms with van der Waals surface area (Å²) in [7, 11) is -3.79. The van der Waals surface area contributed by atoms with Crippen LogP contribution < -0.4 is 0 Å². The van der Waals surface area contributed by atoms with Gasteiger partial charge in [0.05, 0.1) is 27.9 Å². The summed E-state index contributed by atoms with van der Waals surface area (Å²) in [5.74, 6) is -0.394. The fourth-order valence-corrected chi connectivity index (χ4v) is 4.46. The van der Waals surface area contributed by atoms with Gasteiger partial charge in [-0.2, -0.15) is 5.10 Å². The molecule has 31 heavy (non-hydrogen) atoms. The third-order valence-electron chi connectivity index (χ3n) is 4.76. The zero-order valence-electron chi connectivity index (χ0n) is 15.9. The van der Waals surface area contributed by atoms with E-state index in [2.05, 4.69) is 20.3 Å². The quantitative estimate of drug-likeness (QED) is 0.430. The van der Waals surface area contributed by atoms with Crippen LogP contribution in [0.5, 0.6) is 0 Å². The van der Waals surface area contributed by atoms with Crippen molar-refractivity contribution >= 4 is 15.4 Å². The summed E-state index contributed by atoms with van der Waals surface area (Å²) in [6.45, 7) is 0. The second kappa shape index (κ2) is 7.37. The molecule has 0 N–H and O–H groups in total. The summed E-state index contributed by atoms with van der Waals surface area (Å²) >= 11 is 0. The Balaban J connectivity index is 1.66. The van der Waals surface area contributed by atoms with E-state index in [0.717, 1.165) is 0 Å². The van der Waals surface area contributed by atoms with Crippen LogP contribution in [0.3, 0.4) is 0 Å². The highest BCUT2D eigenvalue weighted by Gasteiger charge is 2.22. The van der Waals surface area contributed by atoms with Gasteiger partial charge in [-0.05, 0) is 36.4 Å². The minimum absolute atomic E-state index is 0.137. The normalized spacial score (nSPS) is 11.6. The van der Waals surface area contributed by atoms with Crippen molar-refractivity contribution in [3.63, 3.8) is 0 Å². The molecule has 0 saturated heterocycles. The zero-order valence-corrected chi connectivity index (χ0v) is 16.7. The Bertz CT molecular complexity index is 1500. The SMILES string of the molecule is O=S(=O)(c1ccccc1)c1ccc(-c2c(-c3cccc(F)c3)nn3ccncc23)nn1. The number of hydrogen-bond donors (Lipinski definition) is 0. The summed E-state index contributed by atoms with van der Waals surface area (Å²) in [5, 5.41) is 12.5. The van der Waals surface area contributed by atoms with Crippen molar-refractivity contribution in [3.8, 4) is 22.5 Å². The number of rotatable bonds is 4. The number of nitrogens with zero attached hydrogens (tertiary/aromatic N) is 5. The molecule has 0 aliphatic rings. The van der Waals surface area contributed by atoms with Gasteiger partial charge < -0.3 is 0 Å². The molecule has 0 saturated carbocycles. The van der Waals surface area contributed by atoms with E-state index in [1.807, 2.05) is 0 Å². The molecule has 0 amide bonds. The van der Waals surface area contributed by atoms with E-state index >= 15 is 0 Å². The summed E-state index contributed by atoms with van der Waals surface area (Å²) in [6.07, 6.45) is 4.87. The lowest BCUT2D eigenvalue weighted by atomic mass is 10.0. The van der Waals surface area contributed by atoms with Crippen LogP contribution in [0.2, 0.25) is 0 Å². The van der Waals surface area contributed by atoms with Gasteiger partial charge in [0.25, 0.3) is 0 Å². The smallest absolute Gasteiger partial charge is 0.225 e. The van der Waals surface area contributed by atoms with E-state index in [-0.39, 0.29) is 9.92 Å².